The minimum atomic E-state index is -0.376. The van der Waals surface area contributed by atoms with Gasteiger partial charge in [0, 0.05) is 11.4 Å². The largest absolute Gasteiger partial charge is 0.384 e. The minimum Gasteiger partial charge on any atom is -0.384 e. The SMILES string of the molecule is NC1=c2ccsc2=NCN1c1ccc(NC(=O)C2(c3ccccc3)CC2)cc1. The van der Waals surface area contributed by atoms with Crippen LogP contribution in [0.1, 0.15) is 18.4 Å². The van der Waals surface area contributed by atoms with E-state index in [-0.39, 0.29) is 11.3 Å². The molecule has 2 aliphatic rings. The van der Waals surface area contributed by atoms with Gasteiger partial charge in [-0.05, 0) is 54.1 Å². The van der Waals surface area contributed by atoms with E-state index in [1.807, 2.05) is 70.9 Å². The van der Waals surface area contributed by atoms with Crippen molar-refractivity contribution < 1.29 is 4.79 Å². The van der Waals surface area contributed by atoms with Crippen LogP contribution in [-0.4, -0.2) is 12.6 Å². The maximum Gasteiger partial charge on any atom is 0.235 e. The number of hydrogen-bond acceptors (Lipinski definition) is 5. The average Bonchev–Trinajstić information content (AvgIpc) is 3.41. The fraction of sp³-hybridized carbons (Fsp3) is 0.182. The molecule has 0 atom stereocenters. The van der Waals surface area contributed by atoms with E-state index < -0.39 is 0 Å². The number of carbonyl (C=O) groups excluding carboxylic acids is 1. The zero-order valence-corrected chi connectivity index (χ0v) is 16.1. The molecular formula is C22H20N4OS. The predicted octanol–water partition coefficient (Wildman–Crippen LogP) is 2.54. The summed E-state index contributed by atoms with van der Waals surface area (Å²) in [5, 5.41) is 6.06. The van der Waals surface area contributed by atoms with E-state index in [0.717, 1.165) is 39.7 Å². The standard InChI is InChI=1S/C22H20N4OS/c23-19-18-10-13-28-20(18)24-14-26(19)17-8-6-16(7-9-17)25-21(27)22(11-12-22)15-4-2-1-3-5-15/h1-10,13H,11-12,14,23H2,(H,25,27). The number of nitrogens with one attached hydrogen (secondary N) is 1. The highest BCUT2D eigenvalue weighted by Gasteiger charge is 2.51. The van der Waals surface area contributed by atoms with Crippen LogP contribution in [0.5, 0.6) is 0 Å². The van der Waals surface area contributed by atoms with E-state index >= 15 is 0 Å². The Morgan fingerprint density at radius 1 is 1.07 bits per heavy atom. The monoisotopic (exact) mass is 388 g/mol. The lowest BCUT2D eigenvalue weighted by Gasteiger charge is -2.25. The van der Waals surface area contributed by atoms with E-state index in [0.29, 0.717) is 12.5 Å². The molecule has 0 bridgehead atoms. The molecule has 0 saturated heterocycles. The summed E-state index contributed by atoms with van der Waals surface area (Å²) in [6.07, 6.45) is 1.79. The fourth-order valence-corrected chi connectivity index (χ4v) is 4.47. The number of benzene rings is 2. The first-order chi connectivity index (χ1) is 13.7. The van der Waals surface area contributed by atoms with Gasteiger partial charge in [0.2, 0.25) is 5.91 Å². The Labute approximate surface area is 166 Å². The van der Waals surface area contributed by atoms with Crippen molar-refractivity contribution in [3.63, 3.8) is 0 Å². The molecule has 1 amide bonds. The molecule has 0 radical (unpaired) electrons. The maximum absolute atomic E-state index is 12.9. The van der Waals surface area contributed by atoms with Gasteiger partial charge in [0.1, 0.15) is 17.2 Å². The second-order valence-corrected chi connectivity index (χ2v) is 8.10. The van der Waals surface area contributed by atoms with Crippen LogP contribution in [-0.2, 0) is 10.2 Å². The molecule has 1 saturated carbocycles. The third kappa shape index (κ3) is 2.77. The van der Waals surface area contributed by atoms with E-state index in [1.54, 1.807) is 11.3 Å². The van der Waals surface area contributed by atoms with Gasteiger partial charge in [0.05, 0.1) is 10.6 Å². The maximum atomic E-state index is 12.9. The summed E-state index contributed by atoms with van der Waals surface area (Å²) >= 11 is 1.60. The van der Waals surface area contributed by atoms with Crippen LogP contribution in [0.25, 0.3) is 5.82 Å². The smallest absolute Gasteiger partial charge is 0.235 e. The van der Waals surface area contributed by atoms with E-state index in [9.17, 15) is 4.79 Å². The summed E-state index contributed by atoms with van der Waals surface area (Å²) < 4.78 is 0.980. The van der Waals surface area contributed by atoms with Crippen LogP contribution in [0.3, 0.4) is 0 Å². The molecule has 28 heavy (non-hydrogen) atoms. The predicted molar refractivity (Wildman–Crippen MR) is 112 cm³/mol. The highest BCUT2D eigenvalue weighted by atomic mass is 32.1. The number of nitrogens with zero attached hydrogens (tertiary/aromatic N) is 2. The third-order valence-corrected chi connectivity index (χ3v) is 6.36. The molecule has 5 nitrogen and oxygen atoms in total. The quantitative estimate of drug-likeness (QED) is 0.722. The number of amides is 1. The van der Waals surface area contributed by atoms with Crippen LogP contribution in [0.15, 0.2) is 71.0 Å². The number of hydrogen-bond donors (Lipinski definition) is 2. The number of rotatable bonds is 4. The van der Waals surface area contributed by atoms with Gasteiger partial charge in [-0.2, -0.15) is 0 Å². The number of thiophene rings is 1. The van der Waals surface area contributed by atoms with Crippen molar-refractivity contribution in [2.45, 2.75) is 18.3 Å². The molecule has 2 aromatic carbocycles. The lowest BCUT2D eigenvalue weighted by atomic mass is 9.95. The number of fused-ring (bicyclic) bond motifs is 1. The van der Waals surface area contributed by atoms with Gasteiger partial charge in [0.15, 0.2) is 0 Å². The summed E-state index contributed by atoms with van der Waals surface area (Å²) in [5.41, 5.74) is 8.80. The minimum absolute atomic E-state index is 0.0633. The molecule has 3 aromatic rings. The summed E-state index contributed by atoms with van der Waals surface area (Å²) in [5.74, 6) is 0.775. The van der Waals surface area contributed by atoms with Gasteiger partial charge in [-0.25, -0.2) is 0 Å². The van der Waals surface area contributed by atoms with E-state index in [1.165, 1.54) is 0 Å². The molecule has 1 aromatic heterocycles. The van der Waals surface area contributed by atoms with Crippen molar-refractivity contribution in [2.24, 2.45) is 10.7 Å². The van der Waals surface area contributed by atoms with Crippen molar-refractivity contribution in [3.8, 4) is 0 Å². The van der Waals surface area contributed by atoms with Crippen molar-refractivity contribution in [2.75, 3.05) is 16.9 Å². The van der Waals surface area contributed by atoms with Gasteiger partial charge in [0.25, 0.3) is 0 Å². The molecule has 140 valence electrons. The zero-order valence-electron chi connectivity index (χ0n) is 15.3. The topological polar surface area (TPSA) is 70.7 Å². The molecule has 6 heteroatoms. The molecule has 1 aliphatic carbocycles. The summed E-state index contributed by atoms with van der Waals surface area (Å²) in [4.78, 5) is 19.4. The van der Waals surface area contributed by atoms with Crippen LogP contribution in [0.2, 0.25) is 0 Å². The molecular weight excluding hydrogens is 368 g/mol. The van der Waals surface area contributed by atoms with Gasteiger partial charge in [-0.3, -0.25) is 9.79 Å². The van der Waals surface area contributed by atoms with E-state index in [4.69, 9.17) is 5.73 Å². The summed E-state index contributed by atoms with van der Waals surface area (Å²) in [6, 6.07) is 19.8. The molecule has 2 heterocycles. The number of anilines is 2. The van der Waals surface area contributed by atoms with Gasteiger partial charge < -0.3 is 16.0 Å². The zero-order chi connectivity index (χ0) is 19.1. The summed E-state index contributed by atoms with van der Waals surface area (Å²) in [6.45, 7) is 0.502. The first-order valence-corrected chi connectivity index (χ1v) is 10.2. The van der Waals surface area contributed by atoms with Crippen LogP contribution in [0, 0.1) is 0 Å². The summed E-state index contributed by atoms with van der Waals surface area (Å²) in [7, 11) is 0. The van der Waals surface area contributed by atoms with E-state index in [2.05, 4.69) is 10.3 Å². The molecule has 1 fully saturated rings. The van der Waals surface area contributed by atoms with Crippen LogP contribution >= 0.6 is 11.3 Å². The Morgan fingerprint density at radius 3 is 2.54 bits per heavy atom. The Kier molecular flexibility index (Phi) is 3.94. The first-order valence-electron chi connectivity index (χ1n) is 9.30. The Balaban J connectivity index is 1.35. The van der Waals surface area contributed by atoms with Gasteiger partial charge >= 0.3 is 0 Å². The molecule has 3 N–H and O–H groups in total. The Bertz CT molecular complexity index is 1150. The van der Waals surface area contributed by atoms with Crippen LogP contribution < -0.4 is 25.8 Å². The molecule has 0 unspecified atom stereocenters. The second-order valence-electron chi connectivity index (χ2n) is 7.20. The number of carbonyl (C=O) groups is 1. The van der Waals surface area contributed by atoms with Crippen molar-refractivity contribution in [3.05, 3.63) is 81.5 Å². The first kappa shape index (κ1) is 17.0. The normalized spacial score (nSPS) is 16.9. The third-order valence-electron chi connectivity index (χ3n) is 5.52. The van der Waals surface area contributed by atoms with Crippen molar-refractivity contribution in [1.82, 2.24) is 0 Å². The lowest BCUT2D eigenvalue weighted by Crippen LogP contribution is -2.41. The second kappa shape index (κ2) is 6.49. The number of nitrogens with two attached hydrogens (primary N) is 1. The lowest BCUT2D eigenvalue weighted by molar-refractivity contribution is -0.118. The van der Waals surface area contributed by atoms with Gasteiger partial charge in [-0.1, -0.05) is 30.3 Å². The van der Waals surface area contributed by atoms with Crippen LogP contribution in [0.4, 0.5) is 11.4 Å². The molecule has 0 spiro atoms. The highest BCUT2D eigenvalue weighted by molar-refractivity contribution is 7.07. The average molecular weight is 388 g/mol. The fourth-order valence-electron chi connectivity index (χ4n) is 3.70. The van der Waals surface area contributed by atoms with Crippen molar-refractivity contribution in [1.29, 1.82) is 0 Å². The molecule has 5 rings (SSSR count). The Morgan fingerprint density at radius 2 is 1.82 bits per heavy atom. The Hall–Kier alpha value is -3.12. The molecule has 1 aliphatic heterocycles. The van der Waals surface area contributed by atoms with Gasteiger partial charge in [-0.15, -0.1) is 11.3 Å². The highest BCUT2D eigenvalue weighted by Crippen LogP contribution is 2.48. The van der Waals surface area contributed by atoms with Crippen molar-refractivity contribution >= 4 is 34.4 Å².